The Kier molecular flexibility index (Phi) is 10.4. The minimum atomic E-state index is -0.679. The molecule has 0 radical (unpaired) electrons. The van der Waals surface area contributed by atoms with Crippen LogP contribution < -0.4 is 4.74 Å². The summed E-state index contributed by atoms with van der Waals surface area (Å²) in [6.45, 7) is 3.95. The maximum atomic E-state index is 13.1. The largest absolute Gasteiger partial charge is 0.490 e. The van der Waals surface area contributed by atoms with E-state index in [-0.39, 0.29) is 12.4 Å². The van der Waals surface area contributed by atoms with Crippen LogP contribution in [0.2, 0.25) is 0 Å². The number of ketones is 1. The van der Waals surface area contributed by atoms with Gasteiger partial charge in [-0.25, -0.2) is 0 Å². The molecule has 1 unspecified atom stereocenters. The molecule has 46 heavy (non-hydrogen) atoms. The van der Waals surface area contributed by atoms with Crippen LogP contribution in [-0.2, 0) is 12.0 Å². The molecule has 5 aromatic rings. The van der Waals surface area contributed by atoms with Crippen LogP contribution in [0.1, 0.15) is 39.0 Å². The molecular formula is C41H42N2O3. The monoisotopic (exact) mass is 610 g/mol. The number of benzene rings is 5. The number of carbonyl (C=O) groups excluding carboxylic acids is 1. The highest BCUT2D eigenvalue weighted by Gasteiger charge is 2.43. The van der Waals surface area contributed by atoms with Crippen molar-refractivity contribution in [2.45, 2.75) is 24.5 Å². The van der Waals surface area contributed by atoms with Crippen molar-refractivity contribution in [1.29, 1.82) is 0 Å². The van der Waals surface area contributed by atoms with Crippen molar-refractivity contribution in [2.24, 2.45) is 0 Å². The molecule has 5 nitrogen and oxygen atoms in total. The van der Waals surface area contributed by atoms with Crippen LogP contribution in [0, 0.1) is 0 Å². The molecule has 1 aliphatic rings. The molecule has 1 saturated heterocycles. The van der Waals surface area contributed by atoms with Crippen LogP contribution in [0.5, 0.6) is 5.75 Å². The van der Waals surface area contributed by atoms with E-state index >= 15 is 0 Å². The smallest absolute Gasteiger partial charge is 0.166 e. The molecule has 1 fully saturated rings. The molecule has 1 atom stereocenters. The first kappa shape index (κ1) is 31.4. The van der Waals surface area contributed by atoms with E-state index in [0.29, 0.717) is 30.7 Å². The predicted octanol–water partition coefficient (Wildman–Crippen LogP) is 6.85. The Hall–Kier alpha value is -4.55. The fourth-order valence-electron chi connectivity index (χ4n) is 6.75. The summed E-state index contributed by atoms with van der Waals surface area (Å²) in [7, 11) is 0. The van der Waals surface area contributed by atoms with Gasteiger partial charge in [-0.1, -0.05) is 133 Å². The summed E-state index contributed by atoms with van der Waals surface area (Å²) in [5.74, 6) is 0.576. The Morgan fingerprint density at radius 2 is 1.13 bits per heavy atom. The van der Waals surface area contributed by atoms with Crippen LogP contribution in [0.3, 0.4) is 0 Å². The minimum absolute atomic E-state index is 0.0452. The van der Waals surface area contributed by atoms with E-state index in [0.717, 1.165) is 31.7 Å². The minimum Gasteiger partial charge on any atom is -0.490 e. The quantitative estimate of drug-likeness (QED) is 0.117. The van der Waals surface area contributed by atoms with E-state index in [1.54, 1.807) is 0 Å². The number of Topliss-reactive ketones (excluding diaryl/α,β-unsaturated/α-hetero) is 1. The van der Waals surface area contributed by atoms with Crippen molar-refractivity contribution in [2.75, 3.05) is 39.3 Å². The Morgan fingerprint density at radius 1 is 0.652 bits per heavy atom. The van der Waals surface area contributed by atoms with Gasteiger partial charge >= 0.3 is 0 Å². The number of aliphatic hydroxyl groups is 1. The molecule has 1 aliphatic heterocycles. The zero-order chi connectivity index (χ0) is 31.6. The fourth-order valence-corrected chi connectivity index (χ4v) is 6.75. The first-order chi connectivity index (χ1) is 22.6. The van der Waals surface area contributed by atoms with Crippen molar-refractivity contribution < 1.29 is 14.6 Å². The third kappa shape index (κ3) is 7.13. The molecule has 0 aromatic heterocycles. The van der Waals surface area contributed by atoms with Gasteiger partial charge in [0.05, 0.1) is 11.1 Å². The number of aryl methyl sites for hydroxylation is 1. The molecule has 234 valence electrons. The number of rotatable bonds is 13. The maximum absolute atomic E-state index is 13.1. The van der Waals surface area contributed by atoms with E-state index in [1.165, 1.54) is 16.7 Å². The number of nitrogens with zero attached hydrogens (tertiary/aromatic N) is 2. The van der Waals surface area contributed by atoms with Gasteiger partial charge < -0.3 is 9.84 Å². The lowest BCUT2D eigenvalue weighted by Crippen LogP contribution is -2.57. The van der Waals surface area contributed by atoms with Crippen molar-refractivity contribution in [1.82, 2.24) is 9.80 Å². The second kappa shape index (κ2) is 15.2. The molecule has 0 saturated carbocycles. The summed E-state index contributed by atoms with van der Waals surface area (Å²) in [6, 6.07) is 49.8. The highest BCUT2D eigenvalue weighted by Crippen LogP contribution is 2.42. The van der Waals surface area contributed by atoms with Crippen molar-refractivity contribution >= 4 is 5.78 Å². The Labute approximate surface area is 272 Å². The summed E-state index contributed by atoms with van der Waals surface area (Å²) >= 11 is 0. The lowest BCUT2D eigenvalue weighted by molar-refractivity contribution is 0.0274. The predicted molar refractivity (Wildman–Crippen MR) is 184 cm³/mol. The molecule has 1 N–H and O–H groups in total. The Morgan fingerprint density at radius 3 is 1.67 bits per heavy atom. The van der Waals surface area contributed by atoms with Crippen LogP contribution in [0.15, 0.2) is 146 Å². The summed E-state index contributed by atoms with van der Waals surface area (Å²) in [4.78, 5) is 18.0. The molecule has 6 rings (SSSR count). The number of aliphatic hydroxyl groups excluding tert-OH is 1. The van der Waals surface area contributed by atoms with Gasteiger partial charge in [-0.05, 0) is 40.8 Å². The van der Waals surface area contributed by atoms with Crippen LogP contribution >= 0.6 is 0 Å². The average molecular weight is 611 g/mol. The standard InChI is InChI=1S/C41H42N2O3/c44-37(32-46-40-24-14-13-23-38(40)39(45)26-25-33-15-5-1-6-16-33)31-42-27-29-43(30-28-42)41(34-17-7-2-8-18-34,35-19-9-3-10-20-35)36-21-11-4-12-22-36/h1-24,37,44H,25-32H2. The number of hydrogen-bond acceptors (Lipinski definition) is 5. The summed E-state index contributed by atoms with van der Waals surface area (Å²) in [6.07, 6.45) is 0.414. The lowest BCUT2D eigenvalue weighted by atomic mass is 9.75. The lowest BCUT2D eigenvalue weighted by Gasteiger charge is -2.49. The van der Waals surface area contributed by atoms with Gasteiger partial charge in [-0.2, -0.15) is 0 Å². The van der Waals surface area contributed by atoms with Gasteiger partial charge in [0.25, 0.3) is 0 Å². The first-order valence-electron chi connectivity index (χ1n) is 16.3. The van der Waals surface area contributed by atoms with E-state index in [4.69, 9.17) is 4.74 Å². The summed E-state index contributed by atoms with van der Waals surface area (Å²) in [5, 5.41) is 11.0. The van der Waals surface area contributed by atoms with E-state index < -0.39 is 11.6 Å². The van der Waals surface area contributed by atoms with Gasteiger partial charge in [-0.15, -0.1) is 0 Å². The third-order valence-corrected chi connectivity index (χ3v) is 8.99. The molecule has 0 spiro atoms. The molecular weight excluding hydrogens is 568 g/mol. The van der Waals surface area contributed by atoms with Crippen molar-refractivity contribution in [3.8, 4) is 5.75 Å². The molecule has 0 aliphatic carbocycles. The van der Waals surface area contributed by atoms with E-state index in [9.17, 15) is 9.90 Å². The zero-order valence-electron chi connectivity index (χ0n) is 26.2. The van der Waals surface area contributed by atoms with Crippen molar-refractivity contribution in [3.05, 3.63) is 173 Å². The number of hydrogen-bond donors (Lipinski definition) is 1. The first-order valence-corrected chi connectivity index (χ1v) is 16.3. The Balaban J connectivity index is 1.11. The highest BCUT2D eigenvalue weighted by molar-refractivity contribution is 5.98. The third-order valence-electron chi connectivity index (χ3n) is 8.99. The zero-order valence-corrected chi connectivity index (χ0v) is 26.2. The van der Waals surface area contributed by atoms with Crippen molar-refractivity contribution in [3.63, 3.8) is 0 Å². The van der Waals surface area contributed by atoms with Crippen LogP contribution in [0.25, 0.3) is 0 Å². The number of carbonyl (C=O) groups is 1. The van der Waals surface area contributed by atoms with E-state index in [2.05, 4.69) is 101 Å². The van der Waals surface area contributed by atoms with Crippen LogP contribution in [0.4, 0.5) is 0 Å². The van der Waals surface area contributed by atoms with Gasteiger partial charge in [-0.3, -0.25) is 14.6 Å². The van der Waals surface area contributed by atoms with Gasteiger partial charge in [0, 0.05) is 39.1 Å². The second-order valence-electron chi connectivity index (χ2n) is 12.0. The van der Waals surface area contributed by atoms with E-state index in [1.807, 2.05) is 54.6 Å². The summed E-state index contributed by atoms with van der Waals surface area (Å²) in [5.41, 5.74) is 4.99. The van der Waals surface area contributed by atoms with Gasteiger partial charge in [0.2, 0.25) is 0 Å². The fraction of sp³-hybridized carbons (Fsp3) is 0.244. The Bertz CT molecular complexity index is 1560. The molecule has 5 heteroatoms. The SMILES string of the molecule is O=C(CCc1ccccc1)c1ccccc1OCC(O)CN1CCN(C(c2ccccc2)(c2ccccc2)c2ccccc2)CC1. The topological polar surface area (TPSA) is 53.0 Å². The average Bonchev–Trinajstić information content (AvgIpc) is 3.13. The van der Waals surface area contributed by atoms with Crippen LogP contribution in [-0.4, -0.2) is 66.1 Å². The molecule has 1 heterocycles. The highest BCUT2D eigenvalue weighted by atomic mass is 16.5. The number of β-amino-alcohol motifs (C(OH)–C–C–N with tert-alkyl or cyclic N) is 1. The normalized spacial score (nSPS) is 14.9. The molecule has 0 amide bonds. The number of para-hydroxylation sites is 1. The molecule has 5 aromatic carbocycles. The number of piperazine rings is 1. The maximum Gasteiger partial charge on any atom is 0.166 e. The number of ether oxygens (including phenoxy) is 1. The van der Waals surface area contributed by atoms with Gasteiger partial charge in [0.1, 0.15) is 18.5 Å². The second-order valence-corrected chi connectivity index (χ2v) is 12.0. The molecule has 0 bridgehead atoms. The van der Waals surface area contributed by atoms with Gasteiger partial charge in [0.15, 0.2) is 5.78 Å². The summed E-state index contributed by atoms with van der Waals surface area (Å²) < 4.78 is 6.05.